The number of ether oxygens (including phenoxy) is 1. The smallest absolute Gasteiger partial charge is 0.102 e. The van der Waals surface area contributed by atoms with Gasteiger partial charge in [0.15, 0.2) is 0 Å². The van der Waals surface area contributed by atoms with E-state index in [0.29, 0.717) is 48.3 Å². The van der Waals surface area contributed by atoms with Crippen molar-refractivity contribution in [3.05, 3.63) is 33.8 Å². The van der Waals surface area contributed by atoms with E-state index in [2.05, 4.69) is 5.32 Å². The maximum atomic E-state index is 10.1. The molecule has 2 unspecified atom stereocenters. The second kappa shape index (κ2) is 6.39. The Kier molecular flexibility index (Phi) is 5.06. The minimum atomic E-state index is -0.835. The van der Waals surface area contributed by atoms with Crippen LogP contribution in [0.5, 0.6) is 0 Å². The lowest BCUT2D eigenvalue weighted by Gasteiger charge is -2.22. The van der Waals surface area contributed by atoms with Crippen LogP contribution in [-0.2, 0) is 4.74 Å². The van der Waals surface area contributed by atoms with Gasteiger partial charge in [-0.1, -0.05) is 23.2 Å². The summed E-state index contributed by atoms with van der Waals surface area (Å²) in [6.07, 6.45) is -0.161. The highest BCUT2D eigenvalue weighted by molar-refractivity contribution is 6.33. The molecule has 0 saturated carbocycles. The standard InChI is InChI=1S/C13H17Cl2NO3/c14-9-1-2-11(15)10(5-9)12(17)6-16-7-13(18)3-4-19-8-13/h1-2,5,12,16-18H,3-4,6-8H2. The lowest BCUT2D eigenvalue weighted by molar-refractivity contribution is 0.0244. The summed E-state index contributed by atoms with van der Waals surface area (Å²) in [6.45, 7) is 1.57. The molecule has 4 nitrogen and oxygen atoms in total. The Labute approximate surface area is 122 Å². The molecule has 1 aromatic rings. The van der Waals surface area contributed by atoms with Crippen molar-refractivity contribution in [2.75, 3.05) is 26.3 Å². The highest BCUT2D eigenvalue weighted by Gasteiger charge is 2.31. The normalized spacial score (nSPS) is 24.6. The van der Waals surface area contributed by atoms with Crippen molar-refractivity contribution in [1.29, 1.82) is 0 Å². The molecular weight excluding hydrogens is 289 g/mol. The third kappa shape index (κ3) is 4.05. The van der Waals surface area contributed by atoms with E-state index in [1.54, 1.807) is 18.2 Å². The second-order valence-electron chi connectivity index (χ2n) is 4.84. The van der Waals surface area contributed by atoms with Crippen molar-refractivity contribution in [3.63, 3.8) is 0 Å². The number of aliphatic hydroxyl groups excluding tert-OH is 1. The number of benzene rings is 1. The van der Waals surface area contributed by atoms with Gasteiger partial charge in [-0.25, -0.2) is 0 Å². The summed E-state index contributed by atoms with van der Waals surface area (Å²) in [5.41, 5.74) is -0.256. The SMILES string of the molecule is OC(CNCC1(O)CCOC1)c1cc(Cl)ccc1Cl. The molecule has 1 heterocycles. The summed E-state index contributed by atoms with van der Waals surface area (Å²) >= 11 is 11.9. The van der Waals surface area contributed by atoms with Crippen LogP contribution in [0, 0.1) is 0 Å². The van der Waals surface area contributed by atoms with Crippen LogP contribution in [0.1, 0.15) is 18.1 Å². The summed E-state index contributed by atoms with van der Waals surface area (Å²) in [5.74, 6) is 0. The Morgan fingerprint density at radius 3 is 2.89 bits per heavy atom. The Hall–Kier alpha value is -0.360. The van der Waals surface area contributed by atoms with Crippen molar-refractivity contribution in [1.82, 2.24) is 5.32 Å². The molecular formula is C13H17Cl2NO3. The minimum Gasteiger partial charge on any atom is -0.387 e. The fourth-order valence-electron chi connectivity index (χ4n) is 2.06. The molecule has 0 radical (unpaired) electrons. The molecule has 1 aliphatic heterocycles. The first-order chi connectivity index (χ1) is 9.00. The highest BCUT2D eigenvalue weighted by Crippen LogP contribution is 2.26. The summed E-state index contributed by atoms with van der Waals surface area (Å²) in [6, 6.07) is 4.97. The van der Waals surface area contributed by atoms with Crippen molar-refractivity contribution >= 4 is 23.2 Å². The summed E-state index contributed by atoms with van der Waals surface area (Å²) in [4.78, 5) is 0. The number of hydrogen-bond acceptors (Lipinski definition) is 4. The predicted molar refractivity (Wildman–Crippen MR) is 74.7 cm³/mol. The van der Waals surface area contributed by atoms with Crippen LogP contribution in [0.3, 0.4) is 0 Å². The summed E-state index contributed by atoms with van der Waals surface area (Å²) in [5, 5.41) is 24.2. The van der Waals surface area contributed by atoms with E-state index in [1.165, 1.54) is 0 Å². The van der Waals surface area contributed by atoms with E-state index in [-0.39, 0.29) is 0 Å². The third-order valence-corrected chi connectivity index (χ3v) is 3.77. The van der Waals surface area contributed by atoms with Gasteiger partial charge in [-0.15, -0.1) is 0 Å². The highest BCUT2D eigenvalue weighted by atomic mass is 35.5. The summed E-state index contributed by atoms with van der Waals surface area (Å²) < 4.78 is 5.15. The van der Waals surface area contributed by atoms with Crippen molar-refractivity contribution < 1.29 is 14.9 Å². The number of hydrogen-bond donors (Lipinski definition) is 3. The van der Waals surface area contributed by atoms with Crippen molar-refractivity contribution in [3.8, 4) is 0 Å². The van der Waals surface area contributed by atoms with Gasteiger partial charge in [-0.2, -0.15) is 0 Å². The first-order valence-corrected chi connectivity index (χ1v) is 6.90. The lowest BCUT2D eigenvalue weighted by atomic mass is 10.0. The fraction of sp³-hybridized carbons (Fsp3) is 0.538. The molecule has 1 saturated heterocycles. The van der Waals surface area contributed by atoms with Gasteiger partial charge in [0, 0.05) is 41.7 Å². The second-order valence-corrected chi connectivity index (χ2v) is 5.68. The van der Waals surface area contributed by atoms with Crippen LogP contribution < -0.4 is 5.32 Å². The maximum Gasteiger partial charge on any atom is 0.102 e. The topological polar surface area (TPSA) is 61.7 Å². The largest absolute Gasteiger partial charge is 0.387 e. The lowest BCUT2D eigenvalue weighted by Crippen LogP contribution is -2.42. The third-order valence-electron chi connectivity index (χ3n) is 3.19. The van der Waals surface area contributed by atoms with Crippen LogP contribution in [0.15, 0.2) is 18.2 Å². The number of nitrogens with one attached hydrogen (secondary N) is 1. The molecule has 2 rings (SSSR count). The van der Waals surface area contributed by atoms with Crippen LogP contribution in [0.4, 0.5) is 0 Å². The molecule has 1 aromatic carbocycles. The Bertz CT molecular complexity index is 436. The molecule has 3 N–H and O–H groups in total. The van der Waals surface area contributed by atoms with E-state index in [1.807, 2.05) is 0 Å². The zero-order valence-corrected chi connectivity index (χ0v) is 11.9. The van der Waals surface area contributed by atoms with Gasteiger partial charge < -0.3 is 20.3 Å². The van der Waals surface area contributed by atoms with Crippen LogP contribution in [0.2, 0.25) is 10.0 Å². The molecule has 2 atom stereocenters. The quantitative estimate of drug-likeness (QED) is 0.776. The molecule has 106 valence electrons. The van der Waals surface area contributed by atoms with Gasteiger partial charge in [0.2, 0.25) is 0 Å². The molecule has 6 heteroatoms. The van der Waals surface area contributed by atoms with Gasteiger partial charge in [-0.05, 0) is 18.2 Å². The Morgan fingerprint density at radius 1 is 1.42 bits per heavy atom. The molecule has 0 aliphatic carbocycles. The van der Waals surface area contributed by atoms with Crippen LogP contribution in [-0.4, -0.2) is 42.1 Å². The van der Waals surface area contributed by atoms with E-state index in [9.17, 15) is 10.2 Å². The molecule has 0 bridgehead atoms. The van der Waals surface area contributed by atoms with E-state index < -0.39 is 11.7 Å². The van der Waals surface area contributed by atoms with Crippen LogP contribution >= 0.6 is 23.2 Å². The zero-order valence-electron chi connectivity index (χ0n) is 10.4. The van der Waals surface area contributed by atoms with Crippen molar-refractivity contribution in [2.45, 2.75) is 18.1 Å². The van der Waals surface area contributed by atoms with Gasteiger partial charge in [0.05, 0.1) is 12.7 Å². The molecule has 1 fully saturated rings. The fourth-order valence-corrected chi connectivity index (χ4v) is 2.48. The maximum absolute atomic E-state index is 10.1. The zero-order chi connectivity index (χ0) is 13.9. The number of rotatable bonds is 5. The average Bonchev–Trinajstić information content (AvgIpc) is 2.79. The molecule has 1 aliphatic rings. The molecule has 19 heavy (non-hydrogen) atoms. The van der Waals surface area contributed by atoms with E-state index in [0.717, 1.165) is 0 Å². The Morgan fingerprint density at radius 2 is 2.21 bits per heavy atom. The first kappa shape index (κ1) is 15.0. The monoisotopic (exact) mass is 305 g/mol. The molecule has 0 amide bonds. The molecule has 0 spiro atoms. The summed E-state index contributed by atoms with van der Waals surface area (Å²) in [7, 11) is 0. The van der Waals surface area contributed by atoms with Crippen molar-refractivity contribution in [2.24, 2.45) is 0 Å². The van der Waals surface area contributed by atoms with E-state index >= 15 is 0 Å². The van der Waals surface area contributed by atoms with Gasteiger partial charge in [0.1, 0.15) is 5.60 Å². The Balaban J connectivity index is 1.87. The first-order valence-electron chi connectivity index (χ1n) is 6.14. The van der Waals surface area contributed by atoms with Gasteiger partial charge in [0.25, 0.3) is 0 Å². The predicted octanol–water partition coefficient (Wildman–Crippen LogP) is 1.77. The minimum absolute atomic E-state index is 0.294. The molecule has 0 aromatic heterocycles. The van der Waals surface area contributed by atoms with E-state index in [4.69, 9.17) is 27.9 Å². The average molecular weight is 306 g/mol. The number of aliphatic hydroxyl groups is 2. The van der Waals surface area contributed by atoms with Gasteiger partial charge in [-0.3, -0.25) is 0 Å². The van der Waals surface area contributed by atoms with Crippen LogP contribution in [0.25, 0.3) is 0 Å². The van der Waals surface area contributed by atoms with Gasteiger partial charge >= 0.3 is 0 Å². The number of halogens is 2.